The fourth-order valence-corrected chi connectivity index (χ4v) is 2.24. The van der Waals surface area contributed by atoms with Crippen molar-refractivity contribution in [2.45, 2.75) is 25.5 Å². The first-order valence-electron chi connectivity index (χ1n) is 5.99. The largest absolute Gasteiger partial charge is 0.393 e. The number of benzene rings is 1. The SMILES string of the molecule is N=C(N)c1ccccc1CN1CCC(O)CC1. The van der Waals surface area contributed by atoms with E-state index in [1.54, 1.807) is 0 Å². The normalized spacial score (nSPS) is 18.2. The quantitative estimate of drug-likeness (QED) is 0.537. The molecule has 0 aliphatic carbocycles. The third-order valence-corrected chi connectivity index (χ3v) is 3.26. The minimum Gasteiger partial charge on any atom is -0.393 e. The van der Waals surface area contributed by atoms with Gasteiger partial charge in [0.15, 0.2) is 0 Å². The number of likely N-dealkylation sites (tertiary alicyclic amines) is 1. The van der Waals surface area contributed by atoms with E-state index in [4.69, 9.17) is 11.1 Å². The van der Waals surface area contributed by atoms with Crippen molar-refractivity contribution in [3.8, 4) is 0 Å². The molecule has 92 valence electrons. The molecule has 0 amide bonds. The van der Waals surface area contributed by atoms with Crippen molar-refractivity contribution in [2.24, 2.45) is 5.73 Å². The predicted molar refractivity (Wildman–Crippen MR) is 68.0 cm³/mol. The molecule has 1 saturated heterocycles. The molecule has 0 unspecified atom stereocenters. The molecule has 0 bridgehead atoms. The van der Waals surface area contributed by atoms with Gasteiger partial charge in [0.25, 0.3) is 0 Å². The average molecular weight is 233 g/mol. The fraction of sp³-hybridized carbons (Fsp3) is 0.462. The van der Waals surface area contributed by atoms with Gasteiger partial charge in [-0.05, 0) is 18.4 Å². The number of piperidine rings is 1. The molecule has 1 heterocycles. The van der Waals surface area contributed by atoms with Crippen LogP contribution < -0.4 is 5.73 Å². The Hall–Kier alpha value is -1.39. The molecule has 0 atom stereocenters. The second kappa shape index (κ2) is 5.29. The van der Waals surface area contributed by atoms with Crippen molar-refractivity contribution in [3.05, 3.63) is 35.4 Å². The monoisotopic (exact) mass is 233 g/mol. The Balaban J connectivity index is 2.05. The van der Waals surface area contributed by atoms with Gasteiger partial charge in [0.1, 0.15) is 5.84 Å². The Morgan fingerprint density at radius 1 is 1.35 bits per heavy atom. The highest BCUT2D eigenvalue weighted by Gasteiger charge is 2.18. The molecule has 1 aromatic carbocycles. The Morgan fingerprint density at radius 3 is 2.65 bits per heavy atom. The van der Waals surface area contributed by atoms with Crippen molar-refractivity contribution in [3.63, 3.8) is 0 Å². The number of aliphatic hydroxyl groups excluding tert-OH is 1. The zero-order valence-corrected chi connectivity index (χ0v) is 9.89. The number of nitrogens with two attached hydrogens (primary N) is 1. The van der Waals surface area contributed by atoms with Crippen LogP contribution in [-0.4, -0.2) is 35.0 Å². The zero-order valence-electron chi connectivity index (χ0n) is 9.89. The van der Waals surface area contributed by atoms with E-state index in [9.17, 15) is 5.11 Å². The second-order valence-electron chi connectivity index (χ2n) is 4.58. The molecular weight excluding hydrogens is 214 g/mol. The minimum atomic E-state index is -0.144. The Labute approximate surface area is 102 Å². The number of nitrogens with zero attached hydrogens (tertiary/aromatic N) is 1. The molecule has 0 spiro atoms. The molecule has 4 nitrogen and oxygen atoms in total. The highest BCUT2D eigenvalue weighted by atomic mass is 16.3. The summed E-state index contributed by atoms with van der Waals surface area (Å²) in [6.07, 6.45) is 1.53. The van der Waals surface area contributed by atoms with E-state index in [-0.39, 0.29) is 11.9 Å². The molecule has 4 N–H and O–H groups in total. The fourth-order valence-electron chi connectivity index (χ4n) is 2.24. The van der Waals surface area contributed by atoms with Crippen LogP contribution in [0.2, 0.25) is 0 Å². The second-order valence-corrected chi connectivity index (χ2v) is 4.58. The summed E-state index contributed by atoms with van der Waals surface area (Å²) in [7, 11) is 0. The van der Waals surface area contributed by atoms with Gasteiger partial charge >= 0.3 is 0 Å². The number of nitrogen functional groups attached to an aromatic ring is 1. The van der Waals surface area contributed by atoms with E-state index in [0.717, 1.165) is 43.6 Å². The van der Waals surface area contributed by atoms with Crippen LogP contribution in [0, 0.1) is 5.41 Å². The molecular formula is C13H19N3O. The first-order chi connectivity index (χ1) is 8.16. The van der Waals surface area contributed by atoms with E-state index in [1.807, 2.05) is 24.3 Å². The summed E-state index contributed by atoms with van der Waals surface area (Å²) in [5, 5.41) is 17.0. The van der Waals surface area contributed by atoms with Gasteiger partial charge in [-0.1, -0.05) is 24.3 Å². The van der Waals surface area contributed by atoms with Crippen LogP contribution in [0.3, 0.4) is 0 Å². The van der Waals surface area contributed by atoms with E-state index in [2.05, 4.69) is 4.90 Å². The highest BCUT2D eigenvalue weighted by Crippen LogP contribution is 2.16. The van der Waals surface area contributed by atoms with Gasteiger partial charge in [0.05, 0.1) is 6.10 Å². The summed E-state index contributed by atoms with van der Waals surface area (Å²) in [6, 6.07) is 7.78. The van der Waals surface area contributed by atoms with Gasteiger partial charge in [0, 0.05) is 25.2 Å². The molecule has 4 heteroatoms. The van der Waals surface area contributed by atoms with Crippen molar-refractivity contribution in [1.82, 2.24) is 4.90 Å². The van der Waals surface area contributed by atoms with Gasteiger partial charge in [-0.3, -0.25) is 10.3 Å². The van der Waals surface area contributed by atoms with Gasteiger partial charge < -0.3 is 10.8 Å². The van der Waals surface area contributed by atoms with Crippen molar-refractivity contribution < 1.29 is 5.11 Å². The number of hydrogen-bond acceptors (Lipinski definition) is 3. The molecule has 1 aliphatic heterocycles. The van der Waals surface area contributed by atoms with Gasteiger partial charge in [0.2, 0.25) is 0 Å². The molecule has 1 aliphatic rings. The lowest BCUT2D eigenvalue weighted by Gasteiger charge is -2.29. The van der Waals surface area contributed by atoms with Crippen LogP contribution in [0.1, 0.15) is 24.0 Å². The summed E-state index contributed by atoms with van der Waals surface area (Å²) < 4.78 is 0. The topological polar surface area (TPSA) is 73.3 Å². The number of amidine groups is 1. The van der Waals surface area contributed by atoms with Gasteiger partial charge in [-0.15, -0.1) is 0 Å². The third-order valence-electron chi connectivity index (χ3n) is 3.26. The van der Waals surface area contributed by atoms with Crippen LogP contribution in [0.4, 0.5) is 0 Å². The number of nitrogens with one attached hydrogen (secondary N) is 1. The first kappa shape index (κ1) is 12.1. The van der Waals surface area contributed by atoms with E-state index < -0.39 is 0 Å². The zero-order chi connectivity index (χ0) is 12.3. The summed E-state index contributed by atoms with van der Waals surface area (Å²) in [5.41, 5.74) is 7.48. The molecule has 0 saturated carbocycles. The number of rotatable bonds is 3. The Morgan fingerprint density at radius 2 is 2.00 bits per heavy atom. The molecule has 0 radical (unpaired) electrons. The smallest absolute Gasteiger partial charge is 0.123 e. The minimum absolute atomic E-state index is 0.123. The highest BCUT2D eigenvalue weighted by molar-refractivity contribution is 5.96. The van der Waals surface area contributed by atoms with Crippen LogP contribution in [0.15, 0.2) is 24.3 Å². The van der Waals surface area contributed by atoms with Crippen LogP contribution in [0.5, 0.6) is 0 Å². The van der Waals surface area contributed by atoms with E-state index in [0.29, 0.717) is 0 Å². The Kier molecular flexibility index (Phi) is 3.76. The average Bonchev–Trinajstić information content (AvgIpc) is 2.32. The molecule has 0 aromatic heterocycles. The van der Waals surface area contributed by atoms with Crippen LogP contribution >= 0.6 is 0 Å². The molecule has 2 rings (SSSR count). The van der Waals surface area contributed by atoms with E-state index in [1.165, 1.54) is 0 Å². The maximum atomic E-state index is 9.46. The molecule has 1 aromatic rings. The lowest BCUT2D eigenvalue weighted by atomic mass is 10.0. The third kappa shape index (κ3) is 3.05. The van der Waals surface area contributed by atoms with Gasteiger partial charge in [-0.25, -0.2) is 0 Å². The van der Waals surface area contributed by atoms with Crippen molar-refractivity contribution in [1.29, 1.82) is 5.41 Å². The summed E-state index contributed by atoms with van der Waals surface area (Å²) in [4.78, 5) is 2.30. The molecule has 17 heavy (non-hydrogen) atoms. The van der Waals surface area contributed by atoms with E-state index >= 15 is 0 Å². The van der Waals surface area contributed by atoms with Crippen LogP contribution in [-0.2, 0) is 6.54 Å². The number of hydrogen-bond donors (Lipinski definition) is 3. The summed E-state index contributed by atoms with van der Waals surface area (Å²) >= 11 is 0. The summed E-state index contributed by atoms with van der Waals surface area (Å²) in [6.45, 7) is 2.63. The lowest BCUT2D eigenvalue weighted by molar-refractivity contribution is 0.0792. The Bertz CT molecular complexity index is 397. The standard InChI is InChI=1S/C13H19N3O/c14-13(15)12-4-2-1-3-10(12)9-16-7-5-11(17)6-8-16/h1-4,11,17H,5-9H2,(H3,14,15). The predicted octanol–water partition coefficient (Wildman–Crippen LogP) is 0.927. The van der Waals surface area contributed by atoms with Crippen molar-refractivity contribution >= 4 is 5.84 Å². The maximum absolute atomic E-state index is 9.46. The lowest BCUT2D eigenvalue weighted by Crippen LogP contribution is -2.35. The molecule has 1 fully saturated rings. The first-order valence-corrected chi connectivity index (χ1v) is 5.99. The maximum Gasteiger partial charge on any atom is 0.123 e. The number of aliphatic hydroxyl groups is 1. The van der Waals surface area contributed by atoms with Crippen LogP contribution in [0.25, 0.3) is 0 Å². The van der Waals surface area contributed by atoms with Gasteiger partial charge in [-0.2, -0.15) is 0 Å². The van der Waals surface area contributed by atoms with Crippen molar-refractivity contribution in [2.75, 3.05) is 13.1 Å². The summed E-state index contributed by atoms with van der Waals surface area (Å²) in [5.74, 6) is 0.123.